The number of aryl methyl sites for hydroxylation is 1. The van der Waals surface area contributed by atoms with Gasteiger partial charge in [-0.2, -0.15) is 0 Å². The van der Waals surface area contributed by atoms with Crippen LogP contribution >= 0.6 is 24.8 Å². The summed E-state index contributed by atoms with van der Waals surface area (Å²) in [5.74, 6) is 0. The highest BCUT2D eigenvalue weighted by Crippen LogP contribution is 2.06. The minimum absolute atomic E-state index is 0. The molecule has 1 N–H and O–H groups in total. The monoisotopic (exact) mass is 319 g/mol. The van der Waals surface area contributed by atoms with Gasteiger partial charge in [-0.25, -0.2) is 0 Å². The van der Waals surface area contributed by atoms with Gasteiger partial charge in [0, 0.05) is 45.8 Å². The summed E-state index contributed by atoms with van der Waals surface area (Å²) in [5, 5.41) is 3.39. The summed E-state index contributed by atoms with van der Waals surface area (Å²) in [6.07, 6.45) is 0. The summed E-state index contributed by atoms with van der Waals surface area (Å²) in [5.41, 5.74) is 2.76. The van der Waals surface area contributed by atoms with Gasteiger partial charge in [0.2, 0.25) is 0 Å². The van der Waals surface area contributed by atoms with Crippen molar-refractivity contribution in [3.8, 4) is 0 Å². The van der Waals surface area contributed by atoms with Gasteiger partial charge in [0.25, 0.3) is 0 Å². The van der Waals surface area contributed by atoms with E-state index in [1.165, 1.54) is 30.8 Å². The molecule has 0 unspecified atom stereocenters. The Bertz CT molecular complexity index is 368. The quantitative estimate of drug-likeness (QED) is 0.897. The molecular weight excluding hydrogens is 293 g/mol. The first-order chi connectivity index (χ1) is 8.74. The number of hydrogen-bond acceptors (Lipinski definition) is 3. The van der Waals surface area contributed by atoms with Crippen LogP contribution in [-0.2, 0) is 6.54 Å². The summed E-state index contributed by atoms with van der Waals surface area (Å²) in [6, 6.07) is 8.80. The van der Waals surface area contributed by atoms with Crippen LogP contribution in [0, 0.1) is 6.92 Å². The standard InChI is InChI=1S/C15H25N3.2ClH/c1-14-4-3-5-15(12-14)13-17(2)10-11-18-8-6-16-7-9-18;;/h3-5,12,16H,6-11,13H2,1-2H3;2*1H. The van der Waals surface area contributed by atoms with Crippen LogP contribution in [0.15, 0.2) is 24.3 Å². The fraction of sp³-hybridized carbons (Fsp3) is 0.600. The molecule has 1 aliphatic rings. The number of halogens is 2. The molecule has 0 aromatic heterocycles. The van der Waals surface area contributed by atoms with Gasteiger partial charge in [0.15, 0.2) is 0 Å². The SMILES string of the molecule is Cc1cccc(CN(C)CCN2CCNCC2)c1.Cl.Cl. The van der Waals surface area contributed by atoms with E-state index in [0.29, 0.717) is 0 Å². The topological polar surface area (TPSA) is 18.5 Å². The number of rotatable bonds is 5. The molecular formula is C15H27Cl2N3. The lowest BCUT2D eigenvalue weighted by molar-refractivity contribution is 0.202. The maximum atomic E-state index is 3.39. The number of likely N-dealkylation sites (N-methyl/N-ethyl adjacent to an activating group) is 1. The molecule has 1 aromatic carbocycles. The van der Waals surface area contributed by atoms with E-state index < -0.39 is 0 Å². The molecule has 20 heavy (non-hydrogen) atoms. The largest absolute Gasteiger partial charge is 0.314 e. The molecule has 2 rings (SSSR count). The molecule has 1 heterocycles. The zero-order valence-corrected chi connectivity index (χ0v) is 14.1. The Hall–Kier alpha value is -0.320. The fourth-order valence-electron chi connectivity index (χ4n) is 2.45. The molecule has 1 aliphatic heterocycles. The van der Waals surface area contributed by atoms with Crippen LogP contribution in [0.1, 0.15) is 11.1 Å². The molecule has 116 valence electrons. The van der Waals surface area contributed by atoms with Gasteiger partial charge in [0.1, 0.15) is 0 Å². The number of piperazine rings is 1. The third-order valence-electron chi connectivity index (χ3n) is 3.54. The van der Waals surface area contributed by atoms with E-state index in [9.17, 15) is 0 Å². The second-order valence-electron chi connectivity index (χ2n) is 5.32. The molecule has 0 aliphatic carbocycles. The predicted octanol–water partition coefficient (Wildman–Crippen LogP) is 2.18. The van der Waals surface area contributed by atoms with E-state index in [4.69, 9.17) is 0 Å². The number of hydrogen-bond donors (Lipinski definition) is 1. The summed E-state index contributed by atoms with van der Waals surface area (Å²) in [4.78, 5) is 4.96. The van der Waals surface area contributed by atoms with Gasteiger partial charge in [-0.05, 0) is 19.5 Å². The lowest BCUT2D eigenvalue weighted by Crippen LogP contribution is -2.45. The van der Waals surface area contributed by atoms with Gasteiger partial charge >= 0.3 is 0 Å². The molecule has 0 spiro atoms. The van der Waals surface area contributed by atoms with E-state index in [1.807, 2.05) is 0 Å². The van der Waals surface area contributed by atoms with E-state index in [2.05, 4.69) is 53.4 Å². The van der Waals surface area contributed by atoms with Crippen LogP contribution in [-0.4, -0.2) is 56.1 Å². The first-order valence-electron chi connectivity index (χ1n) is 6.91. The Kier molecular flexibility index (Phi) is 10.2. The van der Waals surface area contributed by atoms with Gasteiger partial charge < -0.3 is 10.2 Å². The Balaban J connectivity index is 0.00000180. The first-order valence-corrected chi connectivity index (χ1v) is 6.91. The Morgan fingerprint density at radius 2 is 1.90 bits per heavy atom. The third-order valence-corrected chi connectivity index (χ3v) is 3.54. The second kappa shape index (κ2) is 10.4. The van der Waals surface area contributed by atoms with Gasteiger partial charge in [-0.15, -0.1) is 24.8 Å². The second-order valence-corrected chi connectivity index (χ2v) is 5.32. The van der Waals surface area contributed by atoms with Gasteiger partial charge in [-0.3, -0.25) is 4.90 Å². The average Bonchev–Trinajstić information content (AvgIpc) is 2.38. The van der Waals surface area contributed by atoms with Crippen molar-refractivity contribution < 1.29 is 0 Å². The van der Waals surface area contributed by atoms with Crippen molar-refractivity contribution in [2.24, 2.45) is 0 Å². The van der Waals surface area contributed by atoms with Crippen molar-refractivity contribution in [3.05, 3.63) is 35.4 Å². The smallest absolute Gasteiger partial charge is 0.0231 e. The van der Waals surface area contributed by atoms with Gasteiger partial charge in [-0.1, -0.05) is 29.8 Å². The summed E-state index contributed by atoms with van der Waals surface area (Å²) in [7, 11) is 2.21. The summed E-state index contributed by atoms with van der Waals surface area (Å²) >= 11 is 0. The van der Waals surface area contributed by atoms with E-state index in [-0.39, 0.29) is 24.8 Å². The molecule has 1 saturated heterocycles. The van der Waals surface area contributed by atoms with Gasteiger partial charge in [0.05, 0.1) is 0 Å². The Morgan fingerprint density at radius 3 is 2.55 bits per heavy atom. The van der Waals surface area contributed by atoms with Crippen LogP contribution in [0.5, 0.6) is 0 Å². The Labute approximate surface area is 135 Å². The van der Waals surface area contributed by atoms with E-state index >= 15 is 0 Å². The van der Waals surface area contributed by atoms with Crippen molar-refractivity contribution in [2.45, 2.75) is 13.5 Å². The fourth-order valence-corrected chi connectivity index (χ4v) is 2.45. The molecule has 0 bridgehead atoms. The highest BCUT2D eigenvalue weighted by atomic mass is 35.5. The van der Waals surface area contributed by atoms with Crippen molar-refractivity contribution in [3.63, 3.8) is 0 Å². The highest BCUT2D eigenvalue weighted by Gasteiger charge is 2.10. The molecule has 3 nitrogen and oxygen atoms in total. The summed E-state index contributed by atoms with van der Waals surface area (Å²) in [6.45, 7) is 10.2. The van der Waals surface area contributed by atoms with Crippen LogP contribution in [0.4, 0.5) is 0 Å². The maximum Gasteiger partial charge on any atom is 0.0231 e. The maximum absolute atomic E-state index is 3.39. The minimum atomic E-state index is 0. The Morgan fingerprint density at radius 1 is 1.20 bits per heavy atom. The van der Waals surface area contributed by atoms with Crippen LogP contribution < -0.4 is 5.32 Å². The summed E-state index contributed by atoms with van der Waals surface area (Å²) < 4.78 is 0. The third kappa shape index (κ3) is 6.91. The molecule has 0 saturated carbocycles. The zero-order chi connectivity index (χ0) is 12.8. The van der Waals surface area contributed by atoms with Crippen molar-refractivity contribution in [1.29, 1.82) is 0 Å². The number of nitrogens with one attached hydrogen (secondary N) is 1. The molecule has 0 radical (unpaired) electrons. The molecule has 1 aromatic rings. The minimum Gasteiger partial charge on any atom is -0.314 e. The molecule has 1 fully saturated rings. The molecule has 5 heteroatoms. The van der Waals surface area contributed by atoms with E-state index in [0.717, 1.165) is 26.2 Å². The van der Waals surface area contributed by atoms with Crippen molar-refractivity contribution in [2.75, 3.05) is 46.3 Å². The molecule has 0 atom stereocenters. The lowest BCUT2D eigenvalue weighted by Gasteiger charge is -2.29. The van der Waals surface area contributed by atoms with Crippen molar-refractivity contribution in [1.82, 2.24) is 15.1 Å². The predicted molar refractivity (Wildman–Crippen MR) is 91.3 cm³/mol. The zero-order valence-electron chi connectivity index (χ0n) is 12.5. The number of benzene rings is 1. The van der Waals surface area contributed by atoms with Crippen LogP contribution in [0.2, 0.25) is 0 Å². The highest BCUT2D eigenvalue weighted by molar-refractivity contribution is 5.85. The molecule has 0 amide bonds. The van der Waals surface area contributed by atoms with Crippen molar-refractivity contribution >= 4 is 24.8 Å². The first kappa shape index (κ1) is 19.7. The van der Waals surface area contributed by atoms with Crippen LogP contribution in [0.3, 0.4) is 0 Å². The van der Waals surface area contributed by atoms with E-state index in [1.54, 1.807) is 0 Å². The average molecular weight is 320 g/mol. The lowest BCUT2D eigenvalue weighted by atomic mass is 10.1. The van der Waals surface area contributed by atoms with Crippen LogP contribution in [0.25, 0.3) is 0 Å². The number of nitrogens with zero attached hydrogens (tertiary/aromatic N) is 2. The normalized spacial score (nSPS) is 15.6.